The zero-order valence-corrected chi connectivity index (χ0v) is 14.3. The van der Waals surface area contributed by atoms with Gasteiger partial charge in [-0.2, -0.15) is 0 Å². The average molecular weight is 354 g/mol. The van der Waals surface area contributed by atoms with Crippen molar-refractivity contribution in [1.29, 1.82) is 0 Å². The first kappa shape index (κ1) is 18.7. The van der Waals surface area contributed by atoms with Crippen molar-refractivity contribution in [3.8, 4) is 0 Å². The van der Waals surface area contributed by atoms with Crippen LogP contribution in [-0.2, 0) is 9.59 Å². The third-order valence-corrected chi connectivity index (χ3v) is 3.35. The van der Waals surface area contributed by atoms with Gasteiger partial charge in [0.2, 0.25) is 0 Å². The number of aryl methyl sites for hydroxylation is 2. The van der Waals surface area contributed by atoms with Crippen LogP contribution in [0.1, 0.15) is 31.8 Å². The van der Waals surface area contributed by atoms with Crippen LogP contribution in [0.25, 0.3) is 0 Å². The maximum atomic E-state index is 11.9. The molecule has 0 unspecified atom stereocenters. The molecule has 0 aliphatic carbocycles. The van der Waals surface area contributed by atoms with Gasteiger partial charge >= 0.3 is 11.8 Å². The molecule has 0 saturated heterocycles. The molecule has 4 N–H and O–H groups in total. The first-order valence-electron chi connectivity index (χ1n) is 7.71. The van der Waals surface area contributed by atoms with E-state index in [1.54, 1.807) is 36.4 Å². The molecule has 2 aromatic carbocycles. The molecule has 0 aliphatic heterocycles. The molecule has 4 amide bonds. The fourth-order valence-electron chi connectivity index (χ4n) is 2.06. The number of rotatable bonds is 2. The van der Waals surface area contributed by atoms with E-state index in [1.165, 1.54) is 0 Å². The van der Waals surface area contributed by atoms with E-state index in [0.29, 0.717) is 11.1 Å². The molecule has 0 atom stereocenters. The molecule has 0 aromatic heterocycles. The zero-order valence-electron chi connectivity index (χ0n) is 14.3. The van der Waals surface area contributed by atoms with E-state index in [9.17, 15) is 19.2 Å². The van der Waals surface area contributed by atoms with Crippen LogP contribution < -0.4 is 21.7 Å². The maximum Gasteiger partial charge on any atom is 0.329 e. The Labute approximate surface area is 149 Å². The first-order chi connectivity index (χ1) is 12.4. The second-order valence-corrected chi connectivity index (χ2v) is 5.56. The number of carbonyl (C=O) groups is 4. The summed E-state index contributed by atoms with van der Waals surface area (Å²) in [5, 5.41) is 0. The summed E-state index contributed by atoms with van der Waals surface area (Å²) in [5.41, 5.74) is 10.6. The van der Waals surface area contributed by atoms with Crippen molar-refractivity contribution >= 4 is 23.6 Å². The number of hydrogen-bond acceptors (Lipinski definition) is 4. The minimum atomic E-state index is -1.13. The van der Waals surface area contributed by atoms with E-state index >= 15 is 0 Å². The second-order valence-electron chi connectivity index (χ2n) is 5.56. The Morgan fingerprint density at radius 3 is 1.35 bits per heavy atom. The Kier molecular flexibility index (Phi) is 6.05. The second kappa shape index (κ2) is 8.43. The molecular weight excluding hydrogens is 336 g/mol. The van der Waals surface area contributed by atoms with E-state index in [0.717, 1.165) is 11.1 Å². The van der Waals surface area contributed by atoms with E-state index < -0.39 is 23.6 Å². The van der Waals surface area contributed by atoms with Crippen molar-refractivity contribution in [3.63, 3.8) is 0 Å². The number of nitrogens with one attached hydrogen (secondary N) is 4. The van der Waals surface area contributed by atoms with Crippen LogP contribution in [0.3, 0.4) is 0 Å². The molecule has 0 bridgehead atoms. The quantitative estimate of drug-likeness (QED) is 0.465. The summed E-state index contributed by atoms with van der Waals surface area (Å²) in [6, 6.07) is 13.4. The minimum Gasteiger partial charge on any atom is -0.267 e. The zero-order chi connectivity index (χ0) is 19.1. The van der Waals surface area contributed by atoms with Crippen LogP contribution in [0, 0.1) is 13.8 Å². The highest BCUT2D eigenvalue weighted by atomic mass is 16.2. The van der Waals surface area contributed by atoms with Gasteiger partial charge in [0.25, 0.3) is 11.8 Å². The van der Waals surface area contributed by atoms with Gasteiger partial charge in [-0.1, -0.05) is 35.4 Å². The molecule has 26 heavy (non-hydrogen) atoms. The topological polar surface area (TPSA) is 116 Å². The van der Waals surface area contributed by atoms with Crippen LogP contribution >= 0.6 is 0 Å². The average Bonchev–Trinajstić information content (AvgIpc) is 2.63. The lowest BCUT2D eigenvalue weighted by Crippen LogP contribution is -2.52. The number of amides is 4. The molecule has 8 heteroatoms. The molecule has 0 radical (unpaired) electrons. The lowest BCUT2D eigenvalue weighted by atomic mass is 10.1. The predicted octanol–water partition coefficient (Wildman–Crippen LogP) is 0.526. The Bertz CT molecular complexity index is 792. The molecular formula is C18H18N4O4. The lowest BCUT2D eigenvalue weighted by molar-refractivity contribution is -0.140. The molecule has 134 valence electrons. The molecule has 2 aromatic rings. The van der Waals surface area contributed by atoms with Crippen molar-refractivity contribution in [2.45, 2.75) is 13.8 Å². The van der Waals surface area contributed by atoms with E-state index in [2.05, 4.69) is 10.9 Å². The van der Waals surface area contributed by atoms with Gasteiger partial charge in [0.1, 0.15) is 0 Å². The summed E-state index contributed by atoms with van der Waals surface area (Å²) in [4.78, 5) is 47.1. The van der Waals surface area contributed by atoms with Gasteiger partial charge in [0.05, 0.1) is 0 Å². The van der Waals surface area contributed by atoms with Gasteiger partial charge in [0, 0.05) is 11.1 Å². The summed E-state index contributed by atoms with van der Waals surface area (Å²) in [7, 11) is 0. The molecule has 2 rings (SSSR count). The van der Waals surface area contributed by atoms with Crippen LogP contribution in [0.2, 0.25) is 0 Å². The lowest BCUT2D eigenvalue weighted by Gasteiger charge is -2.09. The molecule has 0 fully saturated rings. The van der Waals surface area contributed by atoms with Gasteiger partial charge < -0.3 is 0 Å². The maximum absolute atomic E-state index is 11.9. The highest BCUT2D eigenvalue weighted by Gasteiger charge is 2.16. The van der Waals surface area contributed by atoms with Gasteiger partial charge in [-0.25, -0.2) is 0 Å². The Balaban J connectivity index is 1.81. The Morgan fingerprint density at radius 2 is 1.00 bits per heavy atom. The van der Waals surface area contributed by atoms with Crippen LogP contribution in [0.4, 0.5) is 0 Å². The molecule has 0 aliphatic rings. The van der Waals surface area contributed by atoms with Crippen molar-refractivity contribution in [3.05, 3.63) is 70.8 Å². The first-order valence-corrected chi connectivity index (χ1v) is 7.71. The smallest absolute Gasteiger partial charge is 0.267 e. The number of benzene rings is 2. The fourth-order valence-corrected chi connectivity index (χ4v) is 2.06. The monoisotopic (exact) mass is 354 g/mol. The van der Waals surface area contributed by atoms with Gasteiger partial charge in [-0.05, 0) is 38.1 Å². The number of hydrogen-bond donors (Lipinski definition) is 4. The third-order valence-electron chi connectivity index (χ3n) is 3.35. The van der Waals surface area contributed by atoms with Crippen molar-refractivity contribution in [2.75, 3.05) is 0 Å². The fraction of sp³-hybridized carbons (Fsp3) is 0.111. The van der Waals surface area contributed by atoms with E-state index in [4.69, 9.17) is 0 Å². The minimum absolute atomic E-state index is 0.332. The SMILES string of the molecule is Cc1cccc(C(=O)NNC(=O)C(=O)NNC(=O)c2cccc(C)c2)c1. The largest absolute Gasteiger partial charge is 0.329 e. The summed E-state index contributed by atoms with van der Waals surface area (Å²) in [6.45, 7) is 3.64. The van der Waals surface area contributed by atoms with Gasteiger partial charge in [0.15, 0.2) is 0 Å². The van der Waals surface area contributed by atoms with Crippen LogP contribution in [0.5, 0.6) is 0 Å². The Hall–Kier alpha value is -3.68. The van der Waals surface area contributed by atoms with Crippen molar-refractivity contribution in [1.82, 2.24) is 21.7 Å². The Morgan fingerprint density at radius 1 is 0.615 bits per heavy atom. The summed E-state index contributed by atoms with van der Waals surface area (Å²) >= 11 is 0. The normalized spacial score (nSPS) is 9.77. The molecule has 0 heterocycles. The summed E-state index contributed by atoms with van der Waals surface area (Å²) in [6.07, 6.45) is 0. The van der Waals surface area contributed by atoms with Gasteiger partial charge in [-0.3, -0.25) is 40.9 Å². The van der Waals surface area contributed by atoms with Crippen LogP contribution in [0.15, 0.2) is 48.5 Å². The van der Waals surface area contributed by atoms with Crippen molar-refractivity contribution in [2.24, 2.45) is 0 Å². The van der Waals surface area contributed by atoms with E-state index in [1.807, 2.05) is 36.8 Å². The molecule has 0 saturated carbocycles. The predicted molar refractivity (Wildman–Crippen MR) is 93.6 cm³/mol. The number of carbonyl (C=O) groups excluding carboxylic acids is 4. The summed E-state index contributed by atoms with van der Waals surface area (Å²) < 4.78 is 0. The van der Waals surface area contributed by atoms with E-state index in [-0.39, 0.29) is 0 Å². The summed E-state index contributed by atoms with van der Waals surface area (Å²) in [5.74, 6) is -3.40. The van der Waals surface area contributed by atoms with Crippen LogP contribution in [-0.4, -0.2) is 23.6 Å². The highest BCUT2D eigenvalue weighted by molar-refractivity contribution is 6.35. The molecule has 8 nitrogen and oxygen atoms in total. The number of hydrazine groups is 2. The standard InChI is InChI=1S/C18H18N4O4/c1-11-5-3-7-13(9-11)15(23)19-21-17(25)18(26)22-20-16(24)14-8-4-6-12(2)10-14/h3-10H,1-2H3,(H,19,23)(H,20,24)(H,21,25)(H,22,26). The molecule has 0 spiro atoms. The highest BCUT2D eigenvalue weighted by Crippen LogP contribution is 2.03. The van der Waals surface area contributed by atoms with Gasteiger partial charge in [-0.15, -0.1) is 0 Å². The van der Waals surface area contributed by atoms with Crippen molar-refractivity contribution < 1.29 is 19.2 Å². The third kappa shape index (κ3) is 5.17.